The molecule has 0 radical (unpaired) electrons. The lowest BCUT2D eigenvalue weighted by Crippen LogP contribution is -2.05. The molecule has 0 aliphatic rings. The third-order valence-corrected chi connectivity index (χ3v) is 4.31. The molecule has 2 aromatic carbocycles. The van der Waals surface area contributed by atoms with E-state index in [0.29, 0.717) is 18.9 Å². The zero-order valence-electron chi connectivity index (χ0n) is 14.5. The third kappa shape index (κ3) is 4.60. The molecule has 0 aliphatic carbocycles. The van der Waals surface area contributed by atoms with Crippen molar-refractivity contribution in [2.24, 2.45) is 0 Å². The number of nitrogens with zero attached hydrogens (tertiary/aromatic N) is 1. The second kappa shape index (κ2) is 7.83. The van der Waals surface area contributed by atoms with Crippen LogP contribution in [-0.2, 0) is 0 Å². The predicted octanol–water partition coefficient (Wildman–Crippen LogP) is 5.50. The van der Waals surface area contributed by atoms with Crippen LogP contribution in [0.3, 0.4) is 0 Å². The van der Waals surface area contributed by atoms with Gasteiger partial charge in [0.05, 0.1) is 18.6 Å². The summed E-state index contributed by atoms with van der Waals surface area (Å²) in [6.07, 6.45) is 0.699. The van der Waals surface area contributed by atoms with Crippen LogP contribution in [-0.4, -0.2) is 6.61 Å². The van der Waals surface area contributed by atoms with E-state index in [1.165, 1.54) is 16.7 Å². The summed E-state index contributed by atoms with van der Waals surface area (Å²) in [5.74, 6) is 1.26. The minimum Gasteiger partial charge on any atom is -0.494 e. The molecule has 0 aliphatic heterocycles. The van der Waals surface area contributed by atoms with Crippen molar-refractivity contribution in [3.05, 3.63) is 64.7 Å². The number of aryl methyl sites for hydroxylation is 2. The Morgan fingerprint density at radius 2 is 1.61 bits per heavy atom. The monoisotopic (exact) mass is 307 g/mol. The molecular formula is C21H25NO. The minimum atomic E-state index is -0.122. The molecule has 0 fully saturated rings. The van der Waals surface area contributed by atoms with Crippen molar-refractivity contribution in [2.75, 3.05) is 6.61 Å². The first-order chi connectivity index (χ1) is 11.0. The molecule has 1 atom stereocenters. The topological polar surface area (TPSA) is 33.0 Å². The van der Waals surface area contributed by atoms with Crippen LogP contribution in [0.15, 0.2) is 42.5 Å². The second-order valence-corrected chi connectivity index (χ2v) is 6.39. The van der Waals surface area contributed by atoms with Gasteiger partial charge >= 0.3 is 0 Å². The van der Waals surface area contributed by atoms with Crippen LogP contribution < -0.4 is 4.74 Å². The molecule has 2 aromatic rings. The molecule has 0 spiro atoms. The highest BCUT2D eigenvalue weighted by Gasteiger charge is 2.11. The van der Waals surface area contributed by atoms with Gasteiger partial charge in [0, 0.05) is 6.42 Å². The Morgan fingerprint density at radius 3 is 2.17 bits per heavy atom. The van der Waals surface area contributed by atoms with Crippen molar-refractivity contribution >= 4 is 0 Å². The highest BCUT2D eigenvalue weighted by Crippen LogP contribution is 2.23. The Bertz CT molecular complexity index is 680. The Hall–Kier alpha value is -2.27. The molecule has 23 heavy (non-hydrogen) atoms. The van der Waals surface area contributed by atoms with Crippen molar-refractivity contribution in [3.8, 4) is 11.8 Å². The van der Waals surface area contributed by atoms with E-state index in [9.17, 15) is 5.26 Å². The average molecular weight is 307 g/mol. The molecule has 0 aromatic heterocycles. The number of ether oxygens (including phenoxy) is 1. The summed E-state index contributed by atoms with van der Waals surface area (Å²) in [7, 11) is 0. The van der Waals surface area contributed by atoms with Gasteiger partial charge in [-0.3, -0.25) is 0 Å². The molecule has 0 N–H and O–H groups in total. The van der Waals surface area contributed by atoms with Gasteiger partial charge < -0.3 is 4.74 Å². The fraction of sp³-hybridized carbons (Fsp3) is 0.381. The average Bonchev–Trinajstić information content (AvgIpc) is 2.55. The summed E-state index contributed by atoms with van der Waals surface area (Å²) in [5, 5.41) is 9.43. The molecular weight excluding hydrogens is 282 g/mol. The van der Waals surface area contributed by atoms with Crippen molar-refractivity contribution in [2.45, 2.75) is 46.0 Å². The van der Waals surface area contributed by atoms with E-state index in [4.69, 9.17) is 4.74 Å². The van der Waals surface area contributed by atoms with Crippen LogP contribution in [0.2, 0.25) is 0 Å². The van der Waals surface area contributed by atoms with Gasteiger partial charge in [-0.05, 0) is 54.2 Å². The van der Waals surface area contributed by atoms with Crippen molar-refractivity contribution in [1.82, 2.24) is 0 Å². The smallest absolute Gasteiger partial charge is 0.119 e. The molecule has 0 heterocycles. The van der Waals surface area contributed by atoms with E-state index < -0.39 is 0 Å². The van der Waals surface area contributed by atoms with Crippen LogP contribution in [0.1, 0.15) is 54.4 Å². The van der Waals surface area contributed by atoms with Gasteiger partial charge in [-0.2, -0.15) is 5.26 Å². The summed E-state index contributed by atoms with van der Waals surface area (Å²) >= 11 is 0. The fourth-order valence-electron chi connectivity index (χ4n) is 2.52. The van der Waals surface area contributed by atoms with Crippen molar-refractivity contribution < 1.29 is 4.74 Å². The lowest BCUT2D eigenvalue weighted by atomic mass is 9.94. The summed E-state index contributed by atoms with van der Waals surface area (Å²) < 4.78 is 5.81. The standard InChI is InChI=1S/C21H25NO/c1-15(2)18-6-8-19(9-7-18)20(14-22)11-12-23-21-10-5-16(3)17(4)13-21/h5-10,13,15,20H,11-12H2,1-4H3. The number of benzene rings is 2. The predicted molar refractivity (Wildman–Crippen MR) is 94.9 cm³/mol. The first kappa shape index (κ1) is 17.1. The zero-order valence-corrected chi connectivity index (χ0v) is 14.5. The molecule has 120 valence electrons. The maximum Gasteiger partial charge on any atom is 0.119 e. The van der Waals surface area contributed by atoms with Crippen LogP contribution in [0.5, 0.6) is 5.75 Å². The largest absolute Gasteiger partial charge is 0.494 e. The maximum absolute atomic E-state index is 9.43. The van der Waals surface area contributed by atoms with Gasteiger partial charge in [0.1, 0.15) is 5.75 Å². The highest BCUT2D eigenvalue weighted by molar-refractivity contribution is 5.34. The Balaban J connectivity index is 1.94. The molecule has 0 saturated carbocycles. The van der Waals surface area contributed by atoms with Crippen LogP contribution in [0, 0.1) is 25.2 Å². The molecule has 2 heteroatoms. The first-order valence-corrected chi connectivity index (χ1v) is 8.20. The van der Waals surface area contributed by atoms with Crippen LogP contribution in [0.25, 0.3) is 0 Å². The molecule has 0 saturated heterocycles. The van der Waals surface area contributed by atoms with Crippen LogP contribution in [0.4, 0.5) is 0 Å². The number of hydrogen-bond donors (Lipinski definition) is 0. The van der Waals surface area contributed by atoms with Crippen molar-refractivity contribution in [3.63, 3.8) is 0 Å². The van der Waals surface area contributed by atoms with E-state index in [1.807, 2.05) is 12.1 Å². The Morgan fingerprint density at radius 1 is 0.957 bits per heavy atom. The Labute approximate surface area is 139 Å². The van der Waals surface area contributed by atoms with Crippen LogP contribution >= 0.6 is 0 Å². The van der Waals surface area contributed by atoms with E-state index in [2.05, 4.69) is 64.1 Å². The van der Waals surface area contributed by atoms with Gasteiger partial charge in [0.15, 0.2) is 0 Å². The fourth-order valence-corrected chi connectivity index (χ4v) is 2.52. The molecule has 0 amide bonds. The van der Waals surface area contributed by atoms with E-state index in [-0.39, 0.29) is 5.92 Å². The molecule has 0 bridgehead atoms. The summed E-state index contributed by atoms with van der Waals surface area (Å²) in [6, 6.07) is 16.9. The lowest BCUT2D eigenvalue weighted by Gasteiger charge is -2.13. The highest BCUT2D eigenvalue weighted by atomic mass is 16.5. The van der Waals surface area contributed by atoms with Crippen molar-refractivity contribution in [1.29, 1.82) is 5.26 Å². The van der Waals surface area contributed by atoms with Gasteiger partial charge in [-0.1, -0.05) is 44.2 Å². The molecule has 2 rings (SSSR count). The second-order valence-electron chi connectivity index (χ2n) is 6.39. The SMILES string of the molecule is Cc1ccc(OCCC(C#N)c2ccc(C(C)C)cc2)cc1C. The quantitative estimate of drug-likeness (QED) is 0.705. The lowest BCUT2D eigenvalue weighted by molar-refractivity contribution is 0.305. The van der Waals surface area contributed by atoms with Gasteiger partial charge in [0.2, 0.25) is 0 Å². The summed E-state index contributed by atoms with van der Waals surface area (Å²) in [5.41, 5.74) is 4.86. The number of nitriles is 1. The molecule has 1 unspecified atom stereocenters. The number of rotatable bonds is 6. The van der Waals surface area contributed by atoms with E-state index >= 15 is 0 Å². The first-order valence-electron chi connectivity index (χ1n) is 8.20. The van der Waals surface area contributed by atoms with E-state index in [0.717, 1.165) is 11.3 Å². The molecule has 2 nitrogen and oxygen atoms in total. The summed E-state index contributed by atoms with van der Waals surface area (Å²) in [4.78, 5) is 0. The summed E-state index contributed by atoms with van der Waals surface area (Å²) in [6.45, 7) is 9.07. The van der Waals surface area contributed by atoms with Gasteiger partial charge in [-0.15, -0.1) is 0 Å². The number of hydrogen-bond acceptors (Lipinski definition) is 2. The third-order valence-electron chi connectivity index (χ3n) is 4.31. The van der Waals surface area contributed by atoms with Gasteiger partial charge in [-0.25, -0.2) is 0 Å². The zero-order chi connectivity index (χ0) is 16.8. The normalized spacial score (nSPS) is 12.0. The maximum atomic E-state index is 9.43. The minimum absolute atomic E-state index is 0.122. The van der Waals surface area contributed by atoms with Gasteiger partial charge in [0.25, 0.3) is 0 Å². The van der Waals surface area contributed by atoms with E-state index in [1.54, 1.807) is 0 Å². The Kier molecular flexibility index (Phi) is 5.82.